The Labute approximate surface area is 120 Å². The molecule has 1 aliphatic heterocycles. The first-order valence-electron chi connectivity index (χ1n) is 6.35. The van der Waals surface area contributed by atoms with Crippen molar-refractivity contribution in [2.45, 2.75) is 0 Å². The Bertz CT molecular complexity index is 801. The van der Waals surface area contributed by atoms with Crippen LogP contribution in [0.3, 0.4) is 0 Å². The van der Waals surface area contributed by atoms with Crippen LogP contribution in [0.15, 0.2) is 60.9 Å². The quantitative estimate of drug-likeness (QED) is 0.504. The number of carbonyl (C=O) groups is 2. The van der Waals surface area contributed by atoms with Crippen molar-refractivity contribution in [1.82, 2.24) is 15.3 Å². The van der Waals surface area contributed by atoms with E-state index in [0.717, 1.165) is 21.8 Å². The molecular formula is C16H11N3O2. The first-order chi connectivity index (χ1) is 10.2. The van der Waals surface area contributed by atoms with Crippen molar-refractivity contribution in [3.8, 4) is 0 Å². The molecule has 0 spiro atoms. The standard InChI is InChI=1S/C12H8N2.C4H3NO2/c1-3-9-5-6-10-4-2-8-14-12(10)11(9)13-7-1;6-3-1-2-4(7)5-3/h1-8H;1-2H,(H,5,6,7). The van der Waals surface area contributed by atoms with E-state index >= 15 is 0 Å². The number of fused-ring (bicyclic) bond motifs is 3. The van der Waals surface area contributed by atoms with E-state index in [0.29, 0.717) is 0 Å². The number of aromatic nitrogens is 2. The zero-order valence-corrected chi connectivity index (χ0v) is 11.0. The number of hydrogen-bond donors (Lipinski definition) is 1. The average Bonchev–Trinajstić information content (AvgIpc) is 2.91. The lowest BCUT2D eigenvalue weighted by Crippen LogP contribution is -2.19. The highest BCUT2D eigenvalue weighted by molar-refractivity contribution is 6.12. The molecule has 1 aliphatic rings. The Morgan fingerprint density at radius 2 is 1.19 bits per heavy atom. The van der Waals surface area contributed by atoms with E-state index in [4.69, 9.17) is 0 Å². The molecule has 0 bridgehead atoms. The van der Waals surface area contributed by atoms with Crippen molar-refractivity contribution in [2.24, 2.45) is 0 Å². The minimum Gasteiger partial charge on any atom is -0.289 e. The van der Waals surface area contributed by atoms with Gasteiger partial charge in [-0.2, -0.15) is 0 Å². The molecule has 1 aromatic carbocycles. The fourth-order valence-electron chi connectivity index (χ4n) is 2.04. The van der Waals surface area contributed by atoms with Crippen LogP contribution in [-0.4, -0.2) is 21.8 Å². The average molecular weight is 277 g/mol. The third-order valence-electron chi connectivity index (χ3n) is 2.98. The Balaban J connectivity index is 0.000000160. The van der Waals surface area contributed by atoms with Gasteiger partial charge in [0.15, 0.2) is 0 Å². The monoisotopic (exact) mass is 277 g/mol. The van der Waals surface area contributed by atoms with E-state index in [1.165, 1.54) is 12.2 Å². The molecule has 2 aromatic heterocycles. The normalized spacial score (nSPS) is 13.1. The maximum Gasteiger partial charge on any atom is 0.250 e. The molecule has 102 valence electrons. The third-order valence-corrected chi connectivity index (χ3v) is 2.98. The lowest BCUT2D eigenvalue weighted by molar-refractivity contribution is -0.123. The minimum absolute atomic E-state index is 0.329. The van der Waals surface area contributed by atoms with Gasteiger partial charge in [0.05, 0.1) is 11.0 Å². The number of pyridine rings is 2. The van der Waals surface area contributed by atoms with Gasteiger partial charge in [-0.1, -0.05) is 24.3 Å². The van der Waals surface area contributed by atoms with Crippen LogP contribution in [0.2, 0.25) is 0 Å². The Morgan fingerprint density at radius 1 is 0.714 bits per heavy atom. The first-order valence-corrected chi connectivity index (χ1v) is 6.35. The largest absolute Gasteiger partial charge is 0.289 e. The summed E-state index contributed by atoms with van der Waals surface area (Å²) in [5, 5.41) is 4.30. The van der Waals surface area contributed by atoms with Crippen LogP contribution in [0.4, 0.5) is 0 Å². The van der Waals surface area contributed by atoms with Crippen molar-refractivity contribution in [2.75, 3.05) is 0 Å². The number of nitrogens with one attached hydrogen (secondary N) is 1. The van der Waals surface area contributed by atoms with Crippen LogP contribution < -0.4 is 5.32 Å². The zero-order chi connectivity index (χ0) is 14.7. The molecule has 5 heteroatoms. The number of benzene rings is 1. The summed E-state index contributed by atoms with van der Waals surface area (Å²) in [4.78, 5) is 28.8. The molecule has 3 aromatic rings. The molecule has 0 atom stereocenters. The number of imide groups is 1. The van der Waals surface area contributed by atoms with Crippen molar-refractivity contribution >= 4 is 33.6 Å². The third kappa shape index (κ3) is 2.76. The van der Waals surface area contributed by atoms with Crippen LogP contribution in [0.25, 0.3) is 21.8 Å². The van der Waals surface area contributed by atoms with Crippen molar-refractivity contribution in [3.05, 3.63) is 60.9 Å². The second-order valence-corrected chi connectivity index (χ2v) is 4.40. The van der Waals surface area contributed by atoms with Crippen molar-refractivity contribution in [3.63, 3.8) is 0 Å². The summed E-state index contributed by atoms with van der Waals surface area (Å²) in [6.07, 6.45) is 6.00. The fourth-order valence-corrected chi connectivity index (χ4v) is 2.04. The van der Waals surface area contributed by atoms with Gasteiger partial charge in [-0.15, -0.1) is 0 Å². The number of carbonyl (C=O) groups excluding carboxylic acids is 2. The summed E-state index contributed by atoms with van der Waals surface area (Å²) in [5.41, 5.74) is 1.95. The van der Waals surface area contributed by atoms with Crippen molar-refractivity contribution < 1.29 is 9.59 Å². The van der Waals surface area contributed by atoms with Gasteiger partial charge in [0.1, 0.15) is 0 Å². The molecule has 0 radical (unpaired) electrons. The van der Waals surface area contributed by atoms with Gasteiger partial charge < -0.3 is 0 Å². The molecule has 3 heterocycles. The topological polar surface area (TPSA) is 72.0 Å². The Hall–Kier alpha value is -3.08. The van der Waals surface area contributed by atoms with Gasteiger partial charge in [0, 0.05) is 35.3 Å². The van der Waals surface area contributed by atoms with Gasteiger partial charge >= 0.3 is 0 Å². The van der Waals surface area contributed by atoms with Gasteiger partial charge in [-0.25, -0.2) is 0 Å². The minimum atomic E-state index is -0.329. The smallest absolute Gasteiger partial charge is 0.250 e. The highest BCUT2D eigenvalue weighted by Crippen LogP contribution is 2.20. The summed E-state index contributed by atoms with van der Waals surface area (Å²) >= 11 is 0. The SMILES string of the molecule is O=C1C=CC(=O)N1.c1cnc2c(c1)ccc1cccnc12. The van der Waals surface area contributed by atoms with E-state index in [1.807, 2.05) is 17.4 Å². The van der Waals surface area contributed by atoms with Crippen LogP contribution in [0.1, 0.15) is 0 Å². The molecule has 0 unspecified atom stereocenters. The van der Waals surface area contributed by atoms with Crippen LogP contribution in [0.5, 0.6) is 0 Å². The second-order valence-electron chi connectivity index (χ2n) is 4.40. The molecular weight excluding hydrogens is 266 g/mol. The predicted octanol–water partition coefficient (Wildman–Crippen LogP) is 1.98. The molecule has 0 saturated carbocycles. The fraction of sp³-hybridized carbons (Fsp3) is 0. The number of rotatable bonds is 0. The molecule has 0 saturated heterocycles. The molecule has 0 fully saturated rings. The van der Waals surface area contributed by atoms with E-state index < -0.39 is 0 Å². The van der Waals surface area contributed by atoms with Gasteiger partial charge in [-0.3, -0.25) is 24.9 Å². The van der Waals surface area contributed by atoms with Crippen LogP contribution >= 0.6 is 0 Å². The summed E-state index contributed by atoms with van der Waals surface area (Å²) in [5.74, 6) is -0.657. The van der Waals surface area contributed by atoms with Gasteiger partial charge in [-0.05, 0) is 12.1 Å². The van der Waals surface area contributed by atoms with E-state index in [9.17, 15) is 9.59 Å². The molecule has 2 amide bonds. The van der Waals surface area contributed by atoms with E-state index in [1.54, 1.807) is 12.4 Å². The second kappa shape index (κ2) is 5.50. The maximum atomic E-state index is 10.0. The number of amides is 2. The Morgan fingerprint density at radius 3 is 1.57 bits per heavy atom. The summed E-state index contributed by atoms with van der Waals surface area (Å²) < 4.78 is 0. The molecule has 4 rings (SSSR count). The number of hydrogen-bond acceptors (Lipinski definition) is 4. The van der Waals surface area contributed by atoms with Crippen LogP contribution in [-0.2, 0) is 9.59 Å². The Kier molecular flexibility index (Phi) is 3.39. The highest BCUT2D eigenvalue weighted by atomic mass is 16.2. The summed E-state index contributed by atoms with van der Waals surface area (Å²) in [6, 6.07) is 12.1. The predicted molar refractivity (Wildman–Crippen MR) is 79.3 cm³/mol. The maximum absolute atomic E-state index is 10.0. The lowest BCUT2D eigenvalue weighted by Gasteiger charge is -2.00. The number of nitrogens with zero attached hydrogens (tertiary/aromatic N) is 2. The molecule has 1 N–H and O–H groups in total. The molecule has 21 heavy (non-hydrogen) atoms. The van der Waals surface area contributed by atoms with Gasteiger partial charge in [0.2, 0.25) is 0 Å². The highest BCUT2D eigenvalue weighted by Gasteiger charge is 2.06. The summed E-state index contributed by atoms with van der Waals surface area (Å²) in [7, 11) is 0. The van der Waals surface area contributed by atoms with E-state index in [-0.39, 0.29) is 11.8 Å². The lowest BCUT2D eigenvalue weighted by atomic mass is 10.1. The van der Waals surface area contributed by atoms with Gasteiger partial charge in [0.25, 0.3) is 11.8 Å². The molecule has 0 aliphatic carbocycles. The van der Waals surface area contributed by atoms with Crippen molar-refractivity contribution in [1.29, 1.82) is 0 Å². The first kappa shape index (κ1) is 12.9. The molecule has 5 nitrogen and oxygen atoms in total. The van der Waals surface area contributed by atoms with E-state index in [2.05, 4.69) is 34.2 Å². The summed E-state index contributed by atoms with van der Waals surface area (Å²) in [6.45, 7) is 0. The zero-order valence-electron chi connectivity index (χ0n) is 11.0. The van der Waals surface area contributed by atoms with Crippen LogP contribution in [0, 0.1) is 0 Å².